The number of amides is 1. The molecule has 0 aliphatic carbocycles. The number of thiazole rings is 1. The first kappa shape index (κ1) is 16.4. The van der Waals surface area contributed by atoms with Crippen LogP contribution < -0.4 is 5.32 Å². The van der Waals surface area contributed by atoms with Gasteiger partial charge < -0.3 is 5.32 Å². The van der Waals surface area contributed by atoms with E-state index in [4.69, 9.17) is 0 Å². The number of carbonyl (C=O) groups excluding carboxylic acids is 1. The number of nitro groups is 1. The third kappa shape index (κ3) is 4.05. The molecule has 0 aliphatic heterocycles. The molecule has 6 nitrogen and oxygen atoms in total. The molecule has 0 bridgehead atoms. The van der Waals surface area contributed by atoms with Crippen LogP contribution >= 0.6 is 23.1 Å². The molecule has 0 aliphatic rings. The van der Waals surface area contributed by atoms with Gasteiger partial charge in [-0.3, -0.25) is 14.9 Å². The van der Waals surface area contributed by atoms with Crippen molar-refractivity contribution >= 4 is 34.7 Å². The average Bonchev–Trinajstić information content (AvgIpc) is 2.90. The lowest BCUT2D eigenvalue weighted by Crippen LogP contribution is -2.23. The maximum atomic E-state index is 11.9. The van der Waals surface area contributed by atoms with E-state index in [0.29, 0.717) is 17.0 Å². The first-order valence-electron chi connectivity index (χ1n) is 6.68. The van der Waals surface area contributed by atoms with Crippen molar-refractivity contribution < 1.29 is 9.72 Å². The van der Waals surface area contributed by atoms with Gasteiger partial charge in [0.25, 0.3) is 11.6 Å². The molecular formula is C14H15N3O3S2. The van der Waals surface area contributed by atoms with Gasteiger partial charge in [0.1, 0.15) is 0 Å². The number of hydrogen-bond donors (Lipinski definition) is 1. The molecule has 0 atom stereocenters. The van der Waals surface area contributed by atoms with E-state index in [0.717, 1.165) is 16.5 Å². The van der Waals surface area contributed by atoms with Crippen LogP contribution in [0.15, 0.2) is 32.8 Å². The van der Waals surface area contributed by atoms with Crippen LogP contribution in [-0.4, -0.2) is 22.4 Å². The van der Waals surface area contributed by atoms with E-state index >= 15 is 0 Å². The van der Waals surface area contributed by atoms with E-state index in [9.17, 15) is 14.9 Å². The van der Waals surface area contributed by atoms with Gasteiger partial charge in [-0.15, -0.1) is 11.3 Å². The summed E-state index contributed by atoms with van der Waals surface area (Å²) in [5, 5.41) is 15.8. The molecule has 2 rings (SSSR count). The molecule has 0 fully saturated rings. The van der Waals surface area contributed by atoms with Gasteiger partial charge in [0, 0.05) is 29.2 Å². The molecule has 1 aromatic carbocycles. The Bertz CT molecular complexity index is 700. The van der Waals surface area contributed by atoms with E-state index in [1.807, 2.05) is 19.2 Å². The van der Waals surface area contributed by atoms with E-state index < -0.39 is 4.92 Å². The number of carbonyl (C=O) groups is 1. The maximum absolute atomic E-state index is 11.9. The molecule has 0 saturated heterocycles. The monoisotopic (exact) mass is 337 g/mol. The molecule has 0 unspecified atom stereocenters. The summed E-state index contributed by atoms with van der Waals surface area (Å²) >= 11 is 2.67. The third-order valence-electron chi connectivity index (χ3n) is 2.75. The lowest BCUT2D eigenvalue weighted by molar-refractivity contribution is -0.387. The Labute approximate surface area is 136 Å². The second-order valence-corrected chi connectivity index (χ2v) is 6.70. The van der Waals surface area contributed by atoms with Crippen molar-refractivity contribution in [2.24, 2.45) is 0 Å². The second kappa shape index (κ2) is 7.37. The van der Waals surface area contributed by atoms with Gasteiger partial charge in [-0.2, -0.15) is 0 Å². The predicted molar refractivity (Wildman–Crippen MR) is 86.7 cm³/mol. The number of benzene rings is 1. The van der Waals surface area contributed by atoms with Crippen molar-refractivity contribution in [2.75, 3.05) is 6.54 Å². The smallest absolute Gasteiger partial charge is 0.284 e. The summed E-state index contributed by atoms with van der Waals surface area (Å²) in [4.78, 5) is 27.4. The predicted octanol–water partition coefficient (Wildman–Crippen LogP) is 3.65. The number of nitrogens with one attached hydrogen (secondary N) is 1. The Balaban J connectivity index is 2.27. The number of aromatic nitrogens is 1. The molecule has 1 heterocycles. The zero-order valence-electron chi connectivity index (χ0n) is 12.2. The maximum Gasteiger partial charge on any atom is 0.284 e. The molecule has 0 saturated carbocycles. The summed E-state index contributed by atoms with van der Waals surface area (Å²) in [6.07, 6.45) is 0.811. The molecular weight excluding hydrogens is 322 g/mol. The number of nitro benzene ring substituents is 1. The Hall–Kier alpha value is -1.93. The van der Waals surface area contributed by atoms with E-state index in [1.165, 1.54) is 29.2 Å². The fourth-order valence-corrected chi connectivity index (χ4v) is 3.58. The van der Waals surface area contributed by atoms with Crippen LogP contribution in [0.5, 0.6) is 0 Å². The first-order valence-corrected chi connectivity index (χ1v) is 8.37. The summed E-state index contributed by atoms with van der Waals surface area (Å²) in [7, 11) is 0. The topological polar surface area (TPSA) is 85.1 Å². The van der Waals surface area contributed by atoms with Crippen molar-refractivity contribution in [3.05, 3.63) is 45.0 Å². The minimum absolute atomic E-state index is 0.0815. The second-order valence-electron chi connectivity index (χ2n) is 4.55. The van der Waals surface area contributed by atoms with Gasteiger partial charge in [0.2, 0.25) is 0 Å². The van der Waals surface area contributed by atoms with Crippen molar-refractivity contribution in [1.82, 2.24) is 10.3 Å². The van der Waals surface area contributed by atoms with Crippen LogP contribution in [-0.2, 0) is 0 Å². The normalized spacial score (nSPS) is 10.5. The Morgan fingerprint density at radius 3 is 2.86 bits per heavy atom. The molecule has 116 valence electrons. The number of hydrogen-bond acceptors (Lipinski definition) is 6. The summed E-state index contributed by atoms with van der Waals surface area (Å²) < 4.78 is 0.740. The molecule has 0 spiro atoms. The highest BCUT2D eigenvalue weighted by Gasteiger charge is 2.19. The molecule has 0 radical (unpaired) electrons. The molecule has 2 aromatic rings. The Morgan fingerprint density at radius 2 is 2.27 bits per heavy atom. The van der Waals surface area contributed by atoms with E-state index in [2.05, 4.69) is 10.3 Å². The van der Waals surface area contributed by atoms with Gasteiger partial charge in [0.15, 0.2) is 4.34 Å². The minimum atomic E-state index is -0.473. The van der Waals surface area contributed by atoms with Gasteiger partial charge in [-0.05, 0) is 25.5 Å². The van der Waals surface area contributed by atoms with Crippen molar-refractivity contribution in [2.45, 2.75) is 29.5 Å². The van der Waals surface area contributed by atoms with Crippen molar-refractivity contribution in [1.29, 1.82) is 0 Å². The lowest BCUT2D eigenvalue weighted by Gasteiger charge is -2.05. The first-order chi connectivity index (χ1) is 10.5. The Morgan fingerprint density at radius 1 is 1.50 bits per heavy atom. The summed E-state index contributed by atoms with van der Waals surface area (Å²) in [6, 6.07) is 4.51. The van der Waals surface area contributed by atoms with Gasteiger partial charge >= 0.3 is 0 Å². The molecule has 8 heteroatoms. The number of rotatable bonds is 6. The quantitative estimate of drug-likeness (QED) is 0.642. The Kier molecular flexibility index (Phi) is 5.51. The molecule has 1 aromatic heterocycles. The van der Waals surface area contributed by atoms with Crippen LogP contribution in [0.4, 0.5) is 5.69 Å². The fourth-order valence-electron chi connectivity index (χ4n) is 1.70. The number of aryl methyl sites for hydroxylation is 1. The molecule has 1 amide bonds. The highest BCUT2D eigenvalue weighted by atomic mass is 32.2. The average molecular weight is 337 g/mol. The van der Waals surface area contributed by atoms with Gasteiger partial charge in [-0.25, -0.2) is 4.98 Å². The zero-order chi connectivity index (χ0) is 16.1. The summed E-state index contributed by atoms with van der Waals surface area (Å²) in [5.41, 5.74) is 1.09. The summed E-state index contributed by atoms with van der Waals surface area (Å²) in [5.74, 6) is -0.299. The standard InChI is InChI=1S/C14H15N3O3S2/c1-3-6-15-13(18)10-4-5-12(11(7-10)17(19)20)22-14-16-9(2)8-21-14/h4-5,7-8H,3,6H2,1-2H3,(H,15,18). The summed E-state index contributed by atoms with van der Waals surface area (Å²) in [6.45, 7) is 4.36. The SMILES string of the molecule is CCCNC(=O)c1ccc(Sc2nc(C)cs2)c([N+](=O)[O-])c1. The van der Waals surface area contributed by atoms with Gasteiger partial charge in [-0.1, -0.05) is 18.7 Å². The van der Waals surface area contributed by atoms with Crippen molar-refractivity contribution in [3.63, 3.8) is 0 Å². The largest absolute Gasteiger partial charge is 0.352 e. The van der Waals surface area contributed by atoms with E-state index in [-0.39, 0.29) is 11.6 Å². The molecule has 22 heavy (non-hydrogen) atoms. The highest BCUT2D eigenvalue weighted by Crippen LogP contribution is 2.36. The van der Waals surface area contributed by atoms with Crippen LogP contribution in [0.25, 0.3) is 0 Å². The van der Waals surface area contributed by atoms with Crippen LogP contribution in [0.3, 0.4) is 0 Å². The fraction of sp³-hybridized carbons (Fsp3) is 0.286. The van der Waals surface area contributed by atoms with E-state index in [1.54, 1.807) is 12.1 Å². The van der Waals surface area contributed by atoms with Crippen molar-refractivity contribution in [3.8, 4) is 0 Å². The molecule has 1 N–H and O–H groups in total. The number of nitrogens with zero attached hydrogens (tertiary/aromatic N) is 2. The minimum Gasteiger partial charge on any atom is -0.352 e. The zero-order valence-corrected chi connectivity index (χ0v) is 13.8. The van der Waals surface area contributed by atoms with Crippen LogP contribution in [0.2, 0.25) is 0 Å². The highest BCUT2D eigenvalue weighted by molar-refractivity contribution is 8.01. The van der Waals surface area contributed by atoms with Crippen LogP contribution in [0.1, 0.15) is 29.4 Å². The lowest BCUT2D eigenvalue weighted by atomic mass is 10.2. The third-order valence-corrected chi connectivity index (χ3v) is 4.87. The van der Waals surface area contributed by atoms with Gasteiger partial charge in [0.05, 0.1) is 9.82 Å². The van der Waals surface area contributed by atoms with Crippen LogP contribution in [0, 0.1) is 17.0 Å².